The molecule has 0 amide bonds. The van der Waals surface area contributed by atoms with Crippen LogP contribution in [0.3, 0.4) is 0 Å². The van der Waals surface area contributed by atoms with Crippen LogP contribution in [0, 0.1) is 6.42 Å². The van der Waals surface area contributed by atoms with Crippen LogP contribution in [0.15, 0.2) is 24.3 Å². The van der Waals surface area contributed by atoms with Crippen LogP contribution in [0.1, 0.15) is 25.3 Å². The predicted octanol–water partition coefficient (Wildman–Crippen LogP) is 4.38. The van der Waals surface area contributed by atoms with E-state index >= 15 is 0 Å². The van der Waals surface area contributed by atoms with Gasteiger partial charge in [-0.15, -0.1) is 11.3 Å². The predicted molar refractivity (Wildman–Crippen MR) is 87.3 cm³/mol. The van der Waals surface area contributed by atoms with Gasteiger partial charge in [0.2, 0.25) is 0 Å². The van der Waals surface area contributed by atoms with Gasteiger partial charge < -0.3 is 8.85 Å². The highest BCUT2D eigenvalue weighted by Gasteiger charge is 2.30. The molecule has 0 bridgehead atoms. The van der Waals surface area contributed by atoms with Gasteiger partial charge in [-0.3, -0.25) is 0 Å². The van der Waals surface area contributed by atoms with E-state index in [0.717, 1.165) is 36.2 Å². The van der Waals surface area contributed by atoms with Crippen molar-refractivity contribution in [2.24, 2.45) is 0 Å². The summed E-state index contributed by atoms with van der Waals surface area (Å²) < 4.78 is 12.9. The van der Waals surface area contributed by atoms with Gasteiger partial charge in [-0.2, -0.15) is 0 Å². The number of hydrogen-bond donors (Lipinski definition) is 0. The molecule has 2 rings (SSSR count). The van der Waals surface area contributed by atoms with Crippen LogP contribution in [0.5, 0.6) is 0 Å². The van der Waals surface area contributed by atoms with Crippen molar-refractivity contribution in [2.75, 3.05) is 13.2 Å². The average molecular weight is 308 g/mol. The third-order valence-electron chi connectivity index (χ3n) is 3.13. The Kier molecular flexibility index (Phi) is 5.71. The third kappa shape index (κ3) is 4.12. The first kappa shape index (κ1) is 15.6. The second-order valence-electron chi connectivity index (χ2n) is 4.76. The van der Waals surface area contributed by atoms with Gasteiger partial charge in [-0.05, 0) is 45.0 Å². The lowest BCUT2D eigenvalue weighted by molar-refractivity contribution is 0.189. The normalized spacial score (nSPS) is 12.2. The van der Waals surface area contributed by atoms with Crippen LogP contribution < -0.4 is 0 Å². The minimum atomic E-state index is -2.00. The molecule has 0 fully saturated rings. The molecule has 109 valence electrons. The molecule has 0 N–H and O–H groups in total. The van der Waals surface area contributed by atoms with Gasteiger partial charge in [-0.25, -0.2) is 4.98 Å². The van der Waals surface area contributed by atoms with E-state index in [1.807, 2.05) is 19.9 Å². The minimum Gasteiger partial charge on any atom is -0.395 e. The fraction of sp³-hybridized carbons (Fsp3) is 0.467. The maximum atomic E-state index is 5.85. The van der Waals surface area contributed by atoms with Crippen molar-refractivity contribution in [3.8, 4) is 0 Å². The molecule has 0 spiro atoms. The van der Waals surface area contributed by atoms with Gasteiger partial charge in [0.05, 0.1) is 15.2 Å². The number of hydrogen-bond acceptors (Lipinski definition) is 4. The Balaban J connectivity index is 1.91. The zero-order chi connectivity index (χ0) is 14.4. The zero-order valence-corrected chi connectivity index (χ0v) is 14.2. The molecule has 0 unspecified atom stereocenters. The van der Waals surface area contributed by atoms with E-state index in [9.17, 15) is 0 Å². The van der Waals surface area contributed by atoms with E-state index in [4.69, 9.17) is 8.85 Å². The smallest absolute Gasteiger partial charge is 0.334 e. The van der Waals surface area contributed by atoms with Crippen molar-refractivity contribution in [1.29, 1.82) is 0 Å². The van der Waals surface area contributed by atoms with Gasteiger partial charge in [0.1, 0.15) is 0 Å². The summed E-state index contributed by atoms with van der Waals surface area (Å²) in [5.74, 6) is 0. The number of para-hydroxylation sites is 1. The van der Waals surface area contributed by atoms with E-state index in [1.165, 1.54) is 4.70 Å². The Morgan fingerprint density at radius 2 is 1.90 bits per heavy atom. The first-order valence-corrected chi connectivity index (χ1v) is 10.5. The molecule has 1 aromatic carbocycles. The Bertz CT molecular complexity index is 504. The maximum Gasteiger partial charge on any atom is 0.334 e. The number of aromatic nitrogens is 1. The summed E-state index contributed by atoms with van der Waals surface area (Å²) in [7, 11) is -2.00. The molecule has 1 aromatic heterocycles. The lowest BCUT2D eigenvalue weighted by Crippen LogP contribution is -2.38. The molecule has 0 saturated heterocycles. The van der Waals surface area contributed by atoms with Crippen LogP contribution >= 0.6 is 11.3 Å². The number of fused-ring (bicyclic) bond motifs is 1. The topological polar surface area (TPSA) is 31.4 Å². The molecular formula is C15H22NO2SSi. The highest BCUT2D eigenvalue weighted by atomic mass is 32.1. The van der Waals surface area contributed by atoms with Crippen molar-refractivity contribution < 1.29 is 8.85 Å². The molecule has 0 aliphatic rings. The summed E-state index contributed by atoms with van der Waals surface area (Å²) in [6, 6.07) is 9.23. The lowest BCUT2D eigenvalue weighted by atomic mass is 10.3. The third-order valence-corrected chi connectivity index (χ3v) is 7.15. The maximum absolute atomic E-state index is 5.85. The molecule has 2 aromatic rings. The highest BCUT2D eigenvalue weighted by molar-refractivity contribution is 7.18. The Labute approximate surface area is 126 Å². The molecule has 5 heteroatoms. The van der Waals surface area contributed by atoms with Crippen LogP contribution in [-0.4, -0.2) is 26.8 Å². The summed E-state index contributed by atoms with van der Waals surface area (Å²) in [5, 5.41) is 1.09. The monoisotopic (exact) mass is 308 g/mol. The molecular weight excluding hydrogens is 286 g/mol. The van der Waals surface area contributed by atoms with E-state index in [-0.39, 0.29) is 0 Å². The second-order valence-corrected chi connectivity index (χ2v) is 9.17. The van der Waals surface area contributed by atoms with Crippen molar-refractivity contribution in [2.45, 2.75) is 32.9 Å². The molecule has 1 radical (unpaired) electrons. The average Bonchev–Trinajstić information content (AvgIpc) is 2.81. The van der Waals surface area contributed by atoms with Crippen LogP contribution in [0.25, 0.3) is 10.2 Å². The molecule has 0 saturated carbocycles. The quantitative estimate of drug-likeness (QED) is 0.678. The molecule has 3 nitrogen and oxygen atoms in total. The molecule has 0 aliphatic heterocycles. The largest absolute Gasteiger partial charge is 0.395 e. The van der Waals surface area contributed by atoms with E-state index in [2.05, 4.69) is 36.2 Å². The number of rotatable bonds is 8. The SMILES string of the molecule is CCO[Si](C)(CC[CH]c1nc2ccccc2s1)OCC. The van der Waals surface area contributed by atoms with E-state index in [0.29, 0.717) is 0 Å². The van der Waals surface area contributed by atoms with E-state index in [1.54, 1.807) is 11.3 Å². The van der Waals surface area contributed by atoms with Crippen molar-refractivity contribution in [3.63, 3.8) is 0 Å². The summed E-state index contributed by atoms with van der Waals surface area (Å²) >= 11 is 1.74. The van der Waals surface area contributed by atoms with Gasteiger partial charge in [-0.1, -0.05) is 12.1 Å². The molecule has 0 atom stereocenters. The first-order valence-electron chi connectivity index (χ1n) is 7.13. The van der Waals surface area contributed by atoms with Crippen LogP contribution in [-0.2, 0) is 8.85 Å². The summed E-state index contributed by atoms with van der Waals surface area (Å²) in [4.78, 5) is 4.62. The minimum absolute atomic E-state index is 0.726. The Hall–Kier alpha value is -0.753. The van der Waals surface area contributed by atoms with Gasteiger partial charge in [0.15, 0.2) is 0 Å². The Morgan fingerprint density at radius 1 is 1.20 bits per heavy atom. The fourth-order valence-electron chi connectivity index (χ4n) is 2.23. The van der Waals surface area contributed by atoms with Crippen molar-refractivity contribution in [3.05, 3.63) is 35.7 Å². The van der Waals surface area contributed by atoms with E-state index < -0.39 is 8.56 Å². The summed E-state index contributed by atoms with van der Waals surface area (Å²) in [5.41, 5.74) is 1.08. The van der Waals surface area contributed by atoms with Gasteiger partial charge in [0, 0.05) is 19.6 Å². The Morgan fingerprint density at radius 3 is 2.55 bits per heavy atom. The molecule has 0 aliphatic carbocycles. The first-order chi connectivity index (χ1) is 9.67. The summed E-state index contributed by atoms with van der Waals surface area (Å²) in [6.45, 7) is 7.66. The van der Waals surface area contributed by atoms with Crippen molar-refractivity contribution in [1.82, 2.24) is 4.98 Å². The van der Waals surface area contributed by atoms with Gasteiger partial charge >= 0.3 is 8.56 Å². The molecule has 20 heavy (non-hydrogen) atoms. The molecule has 1 heterocycles. The second kappa shape index (κ2) is 7.31. The number of nitrogens with zero attached hydrogens (tertiary/aromatic N) is 1. The summed E-state index contributed by atoms with van der Waals surface area (Å²) in [6.07, 6.45) is 3.16. The highest BCUT2D eigenvalue weighted by Crippen LogP contribution is 2.25. The van der Waals surface area contributed by atoms with Crippen molar-refractivity contribution >= 4 is 30.1 Å². The van der Waals surface area contributed by atoms with Crippen LogP contribution in [0.2, 0.25) is 12.6 Å². The number of benzene rings is 1. The standard InChI is InChI=1S/C15H22NO2SSi/c1-4-17-20(3,18-5-2)12-8-11-15-16-13-9-6-7-10-14(13)19-15/h6-7,9-11H,4-5,8,12H2,1-3H3. The number of thiazole rings is 1. The van der Waals surface area contributed by atoms with Gasteiger partial charge in [0.25, 0.3) is 0 Å². The lowest BCUT2D eigenvalue weighted by Gasteiger charge is -2.25. The fourth-order valence-corrected chi connectivity index (χ4v) is 5.43. The van der Waals surface area contributed by atoms with Crippen LogP contribution in [0.4, 0.5) is 0 Å². The zero-order valence-electron chi connectivity index (χ0n) is 12.4.